The summed E-state index contributed by atoms with van der Waals surface area (Å²) in [7, 11) is 0. The summed E-state index contributed by atoms with van der Waals surface area (Å²) in [5.74, 6) is -0.251. The number of benzene rings is 3. The van der Waals surface area contributed by atoms with Crippen molar-refractivity contribution in [2.45, 2.75) is 52.1 Å². The lowest BCUT2D eigenvalue weighted by Crippen LogP contribution is -2.51. The normalized spacial score (nSPS) is 11.6. The molecule has 34 heavy (non-hydrogen) atoms. The lowest BCUT2D eigenvalue weighted by Gasteiger charge is -2.32. The van der Waals surface area contributed by atoms with Crippen LogP contribution in [0.3, 0.4) is 0 Å². The summed E-state index contributed by atoms with van der Waals surface area (Å²) in [5.41, 5.74) is 3.88. The summed E-state index contributed by atoms with van der Waals surface area (Å²) in [6.45, 7) is 5.06. The number of nitrogens with one attached hydrogen (secondary N) is 1. The Balaban J connectivity index is 1.95. The monoisotopic (exact) mass is 476 g/mol. The van der Waals surface area contributed by atoms with Gasteiger partial charge in [-0.1, -0.05) is 103 Å². The Hall–Kier alpha value is -3.11. The Morgan fingerprint density at radius 1 is 0.941 bits per heavy atom. The number of halogens is 1. The lowest BCUT2D eigenvalue weighted by molar-refractivity contribution is -0.140. The van der Waals surface area contributed by atoms with Gasteiger partial charge in [-0.25, -0.2) is 0 Å². The number of unbranched alkanes of at least 4 members (excludes halogenated alkanes) is 1. The van der Waals surface area contributed by atoms with Gasteiger partial charge in [-0.3, -0.25) is 9.59 Å². The maximum Gasteiger partial charge on any atom is 0.243 e. The first-order valence-electron chi connectivity index (χ1n) is 11.9. The molecule has 3 aromatic rings. The van der Waals surface area contributed by atoms with Crippen LogP contribution >= 0.6 is 11.6 Å². The number of nitrogens with zero attached hydrogens (tertiary/aromatic N) is 1. The summed E-state index contributed by atoms with van der Waals surface area (Å²) < 4.78 is 0. The van der Waals surface area contributed by atoms with Crippen molar-refractivity contribution in [1.29, 1.82) is 0 Å². The highest BCUT2D eigenvalue weighted by Gasteiger charge is 2.30. The average molecular weight is 477 g/mol. The smallest absolute Gasteiger partial charge is 0.243 e. The standard InChI is InChI=1S/C29H33ClN2O2/c1-3-4-17-31-29(34)27(19-23-12-6-5-7-13-23)32(21-24-14-10-11-22(2)18-24)28(33)20-25-15-8-9-16-26(25)30/h5-16,18,27H,3-4,17,19-21H2,1-2H3,(H,31,34)/t27-/m0/s1. The molecule has 178 valence electrons. The van der Waals surface area contributed by atoms with Crippen LogP contribution in [0.5, 0.6) is 0 Å². The average Bonchev–Trinajstić information content (AvgIpc) is 2.83. The van der Waals surface area contributed by atoms with E-state index in [4.69, 9.17) is 11.6 Å². The highest BCUT2D eigenvalue weighted by molar-refractivity contribution is 6.31. The SMILES string of the molecule is CCCCNC(=O)[C@H](Cc1ccccc1)N(Cc1cccc(C)c1)C(=O)Cc1ccccc1Cl. The molecular weight excluding hydrogens is 444 g/mol. The molecule has 0 heterocycles. The van der Waals surface area contributed by atoms with Gasteiger partial charge in [-0.15, -0.1) is 0 Å². The molecular formula is C29H33ClN2O2. The minimum atomic E-state index is -0.630. The number of hydrogen-bond acceptors (Lipinski definition) is 2. The Bertz CT molecular complexity index is 1080. The van der Waals surface area contributed by atoms with Gasteiger partial charge in [0.15, 0.2) is 0 Å². The molecule has 0 aliphatic carbocycles. The summed E-state index contributed by atoms with van der Waals surface area (Å²) in [4.78, 5) is 28.8. The Morgan fingerprint density at radius 3 is 2.35 bits per heavy atom. The van der Waals surface area contributed by atoms with Gasteiger partial charge in [-0.05, 0) is 36.1 Å². The highest BCUT2D eigenvalue weighted by atomic mass is 35.5. The van der Waals surface area contributed by atoms with Crippen molar-refractivity contribution in [1.82, 2.24) is 10.2 Å². The van der Waals surface area contributed by atoms with Crippen LogP contribution in [0.15, 0.2) is 78.9 Å². The van der Waals surface area contributed by atoms with Crippen LogP contribution in [0.25, 0.3) is 0 Å². The van der Waals surface area contributed by atoms with Crippen molar-refractivity contribution in [2.75, 3.05) is 6.54 Å². The van der Waals surface area contributed by atoms with E-state index in [2.05, 4.69) is 18.3 Å². The minimum absolute atomic E-state index is 0.124. The van der Waals surface area contributed by atoms with Gasteiger partial charge in [0, 0.05) is 24.5 Å². The van der Waals surface area contributed by atoms with E-state index in [1.54, 1.807) is 11.0 Å². The zero-order valence-corrected chi connectivity index (χ0v) is 20.7. The quantitative estimate of drug-likeness (QED) is 0.358. The van der Waals surface area contributed by atoms with Crippen molar-refractivity contribution in [3.63, 3.8) is 0 Å². The fourth-order valence-electron chi connectivity index (χ4n) is 3.97. The Labute approximate surface area is 207 Å². The van der Waals surface area contributed by atoms with Crippen LogP contribution < -0.4 is 5.32 Å². The molecule has 0 saturated heterocycles. The fourth-order valence-corrected chi connectivity index (χ4v) is 4.18. The first-order valence-corrected chi connectivity index (χ1v) is 12.3. The number of amides is 2. The molecule has 3 rings (SSSR count). The molecule has 4 nitrogen and oxygen atoms in total. The third kappa shape index (κ3) is 7.46. The summed E-state index contributed by atoms with van der Waals surface area (Å²) >= 11 is 6.36. The van der Waals surface area contributed by atoms with E-state index in [0.717, 1.165) is 35.1 Å². The second kappa shape index (κ2) is 13.0. The number of hydrogen-bond donors (Lipinski definition) is 1. The van der Waals surface area contributed by atoms with E-state index < -0.39 is 6.04 Å². The first-order chi connectivity index (χ1) is 16.5. The van der Waals surface area contributed by atoms with Gasteiger partial charge in [0.05, 0.1) is 6.42 Å². The van der Waals surface area contributed by atoms with Crippen molar-refractivity contribution < 1.29 is 9.59 Å². The van der Waals surface area contributed by atoms with Crippen LogP contribution in [0.4, 0.5) is 0 Å². The number of aryl methyl sites for hydroxylation is 1. The van der Waals surface area contributed by atoms with E-state index in [1.165, 1.54) is 0 Å². The maximum absolute atomic E-state index is 13.7. The molecule has 0 aliphatic heterocycles. The molecule has 1 atom stereocenters. The highest BCUT2D eigenvalue weighted by Crippen LogP contribution is 2.20. The molecule has 0 bridgehead atoms. The number of rotatable bonds is 11. The van der Waals surface area contributed by atoms with Crippen molar-refractivity contribution in [2.24, 2.45) is 0 Å². The fraction of sp³-hybridized carbons (Fsp3) is 0.310. The second-order valence-electron chi connectivity index (χ2n) is 8.63. The van der Waals surface area contributed by atoms with Crippen LogP contribution in [-0.4, -0.2) is 29.3 Å². The summed E-state index contributed by atoms with van der Waals surface area (Å²) in [6, 6.07) is 24.7. The van der Waals surface area contributed by atoms with Crippen molar-refractivity contribution in [3.8, 4) is 0 Å². The third-order valence-electron chi connectivity index (χ3n) is 5.84. The minimum Gasteiger partial charge on any atom is -0.354 e. The molecule has 1 N–H and O–H groups in total. The molecule has 5 heteroatoms. The third-order valence-corrected chi connectivity index (χ3v) is 6.20. The summed E-state index contributed by atoms with van der Waals surface area (Å²) in [5, 5.41) is 3.61. The van der Waals surface area contributed by atoms with Gasteiger partial charge in [0.2, 0.25) is 11.8 Å². The predicted molar refractivity (Wildman–Crippen MR) is 139 cm³/mol. The first kappa shape index (κ1) is 25.5. The molecule has 0 radical (unpaired) electrons. The number of carbonyl (C=O) groups excluding carboxylic acids is 2. The van der Waals surface area contributed by atoms with Gasteiger partial charge in [0.25, 0.3) is 0 Å². The van der Waals surface area contributed by atoms with E-state index in [9.17, 15) is 9.59 Å². The zero-order valence-electron chi connectivity index (χ0n) is 20.0. The van der Waals surface area contributed by atoms with E-state index in [0.29, 0.717) is 24.5 Å². The van der Waals surface area contributed by atoms with Crippen molar-refractivity contribution >= 4 is 23.4 Å². The van der Waals surface area contributed by atoms with E-state index in [-0.39, 0.29) is 18.2 Å². The van der Waals surface area contributed by atoms with Crippen LogP contribution in [0.2, 0.25) is 5.02 Å². The molecule has 3 aromatic carbocycles. The predicted octanol–water partition coefficient (Wildman–Crippen LogP) is 5.75. The lowest BCUT2D eigenvalue weighted by atomic mass is 10.0. The second-order valence-corrected chi connectivity index (χ2v) is 9.04. The van der Waals surface area contributed by atoms with Crippen LogP contribution in [-0.2, 0) is 29.0 Å². The molecule has 0 fully saturated rings. The molecule has 0 saturated carbocycles. The van der Waals surface area contributed by atoms with Gasteiger partial charge in [-0.2, -0.15) is 0 Å². The van der Waals surface area contributed by atoms with Gasteiger partial charge in [0.1, 0.15) is 6.04 Å². The van der Waals surface area contributed by atoms with Crippen LogP contribution in [0, 0.1) is 6.92 Å². The molecule has 0 aliphatic rings. The summed E-state index contributed by atoms with van der Waals surface area (Å²) in [6.07, 6.45) is 2.47. The van der Waals surface area contributed by atoms with E-state index >= 15 is 0 Å². The molecule has 0 spiro atoms. The molecule has 2 amide bonds. The maximum atomic E-state index is 13.7. The number of carbonyl (C=O) groups is 2. The van der Waals surface area contributed by atoms with Gasteiger partial charge >= 0.3 is 0 Å². The topological polar surface area (TPSA) is 49.4 Å². The van der Waals surface area contributed by atoms with Gasteiger partial charge < -0.3 is 10.2 Å². The van der Waals surface area contributed by atoms with E-state index in [1.807, 2.05) is 73.7 Å². The Kier molecular flexibility index (Phi) is 9.72. The van der Waals surface area contributed by atoms with Crippen molar-refractivity contribution in [3.05, 3.63) is 106 Å². The zero-order chi connectivity index (χ0) is 24.3. The Morgan fingerprint density at radius 2 is 1.65 bits per heavy atom. The molecule has 0 aromatic heterocycles. The van der Waals surface area contributed by atoms with Crippen LogP contribution in [0.1, 0.15) is 42.0 Å². The molecule has 0 unspecified atom stereocenters. The largest absolute Gasteiger partial charge is 0.354 e.